The molecule has 7 heteroatoms. The second-order valence-electron chi connectivity index (χ2n) is 5.50. The van der Waals surface area contributed by atoms with E-state index in [1.54, 1.807) is 21.8 Å². The van der Waals surface area contributed by atoms with Crippen LogP contribution in [0.3, 0.4) is 0 Å². The molecule has 1 aliphatic heterocycles. The van der Waals surface area contributed by atoms with Gasteiger partial charge in [-0.3, -0.25) is 9.48 Å². The van der Waals surface area contributed by atoms with Gasteiger partial charge in [-0.2, -0.15) is 5.10 Å². The van der Waals surface area contributed by atoms with E-state index in [9.17, 15) is 4.79 Å². The number of carbonyl (C=O) groups excluding carboxylic acids is 1. The van der Waals surface area contributed by atoms with Gasteiger partial charge < -0.3 is 14.7 Å². The second kappa shape index (κ2) is 5.69. The smallest absolute Gasteiger partial charge is 0.276 e. The Balaban J connectivity index is 1.68. The highest BCUT2D eigenvalue weighted by Gasteiger charge is 2.24. The first-order valence-electron chi connectivity index (χ1n) is 7.09. The predicted octanol–water partition coefficient (Wildman–Crippen LogP) is 0.662. The molecule has 1 amide bonds. The number of aromatic nitrogens is 3. The first-order chi connectivity index (χ1) is 10.1. The van der Waals surface area contributed by atoms with Crippen LogP contribution in [0.2, 0.25) is 0 Å². The number of hydrogen-bond acceptors (Lipinski definition) is 5. The van der Waals surface area contributed by atoms with Gasteiger partial charge in [0.1, 0.15) is 6.54 Å². The molecule has 112 valence electrons. The van der Waals surface area contributed by atoms with Crippen LogP contribution in [0.15, 0.2) is 23.0 Å². The van der Waals surface area contributed by atoms with Gasteiger partial charge in [0.05, 0.1) is 6.20 Å². The van der Waals surface area contributed by atoms with E-state index in [2.05, 4.69) is 22.5 Å². The van der Waals surface area contributed by atoms with Crippen LogP contribution in [0, 0.1) is 6.92 Å². The van der Waals surface area contributed by atoms with Crippen LogP contribution in [0.25, 0.3) is 0 Å². The number of piperazine rings is 1. The fraction of sp³-hybridized carbons (Fsp3) is 0.500. The van der Waals surface area contributed by atoms with Gasteiger partial charge >= 0.3 is 0 Å². The summed E-state index contributed by atoms with van der Waals surface area (Å²) in [5.41, 5.74) is 1.45. The standard InChI is InChI=1S/C14H19N5O2/c1-10-6-16-19(7-10)9-12-5-13(17-21-12)14(20)18-4-3-15-11(2)8-18/h5-7,11,15H,3-4,8-9H2,1-2H3/t11-/m1/s1. The van der Waals surface area contributed by atoms with Crippen LogP contribution in [-0.4, -0.2) is 51.4 Å². The lowest BCUT2D eigenvalue weighted by molar-refractivity contribution is 0.0698. The molecule has 0 saturated carbocycles. The van der Waals surface area contributed by atoms with Crippen molar-refractivity contribution in [3.8, 4) is 0 Å². The van der Waals surface area contributed by atoms with E-state index in [4.69, 9.17) is 4.52 Å². The van der Waals surface area contributed by atoms with E-state index in [-0.39, 0.29) is 5.91 Å². The third kappa shape index (κ3) is 3.13. The minimum Gasteiger partial charge on any atom is -0.359 e. The van der Waals surface area contributed by atoms with Crippen LogP contribution in [0.5, 0.6) is 0 Å². The van der Waals surface area contributed by atoms with Gasteiger partial charge in [-0.1, -0.05) is 5.16 Å². The lowest BCUT2D eigenvalue weighted by Crippen LogP contribution is -2.51. The van der Waals surface area contributed by atoms with Crippen LogP contribution in [-0.2, 0) is 6.54 Å². The van der Waals surface area contributed by atoms with Crippen molar-refractivity contribution < 1.29 is 9.32 Å². The van der Waals surface area contributed by atoms with Gasteiger partial charge in [-0.15, -0.1) is 0 Å². The van der Waals surface area contributed by atoms with E-state index in [1.165, 1.54) is 0 Å². The number of nitrogens with zero attached hydrogens (tertiary/aromatic N) is 4. The van der Waals surface area contributed by atoms with E-state index < -0.39 is 0 Å². The summed E-state index contributed by atoms with van der Waals surface area (Å²) in [5.74, 6) is 0.555. The van der Waals surface area contributed by atoms with Crippen molar-refractivity contribution in [1.82, 2.24) is 25.2 Å². The zero-order valence-corrected chi connectivity index (χ0v) is 12.2. The largest absolute Gasteiger partial charge is 0.359 e. The summed E-state index contributed by atoms with van der Waals surface area (Å²) >= 11 is 0. The van der Waals surface area contributed by atoms with Crippen molar-refractivity contribution in [3.05, 3.63) is 35.5 Å². The first kappa shape index (κ1) is 13.8. The summed E-state index contributed by atoms with van der Waals surface area (Å²) in [5, 5.41) is 11.4. The van der Waals surface area contributed by atoms with E-state index in [1.807, 2.05) is 13.1 Å². The highest BCUT2D eigenvalue weighted by molar-refractivity contribution is 5.92. The Morgan fingerprint density at radius 3 is 3.14 bits per heavy atom. The van der Waals surface area contributed by atoms with Crippen molar-refractivity contribution >= 4 is 5.91 Å². The summed E-state index contributed by atoms with van der Waals surface area (Å²) in [6, 6.07) is 2.01. The lowest BCUT2D eigenvalue weighted by Gasteiger charge is -2.31. The highest BCUT2D eigenvalue weighted by Crippen LogP contribution is 2.10. The molecule has 1 fully saturated rings. The van der Waals surface area contributed by atoms with Gasteiger partial charge in [0.15, 0.2) is 11.5 Å². The summed E-state index contributed by atoms with van der Waals surface area (Å²) in [6.45, 7) is 6.72. The first-order valence-corrected chi connectivity index (χ1v) is 7.09. The van der Waals surface area contributed by atoms with Crippen molar-refractivity contribution in [2.24, 2.45) is 0 Å². The topological polar surface area (TPSA) is 76.2 Å². The number of hydrogen-bond donors (Lipinski definition) is 1. The molecule has 2 aromatic rings. The maximum Gasteiger partial charge on any atom is 0.276 e. The zero-order valence-electron chi connectivity index (χ0n) is 12.2. The van der Waals surface area contributed by atoms with Crippen LogP contribution in [0.4, 0.5) is 0 Å². The fourth-order valence-electron chi connectivity index (χ4n) is 2.48. The Morgan fingerprint density at radius 1 is 1.57 bits per heavy atom. The molecule has 3 heterocycles. The molecule has 3 rings (SSSR count). The Morgan fingerprint density at radius 2 is 2.43 bits per heavy atom. The van der Waals surface area contributed by atoms with Gasteiger partial charge in [0.2, 0.25) is 0 Å². The molecule has 0 aliphatic carbocycles. The molecular formula is C14H19N5O2. The number of aryl methyl sites for hydroxylation is 1. The quantitative estimate of drug-likeness (QED) is 0.898. The third-order valence-corrected chi connectivity index (χ3v) is 3.51. The van der Waals surface area contributed by atoms with Crippen molar-refractivity contribution in [2.45, 2.75) is 26.4 Å². The molecule has 1 aliphatic rings. The average Bonchev–Trinajstić information content (AvgIpc) is 3.08. The minimum absolute atomic E-state index is 0.0741. The Labute approximate surface area is 122 Å². The van der Waals surface area contributed by atoms with Crippen molar-refractivity contribution in [2.75, 3.05) is 19.6 Å². The Kier molecular flexibility index (Phi) is 3.74. The zero-order chi connectivity index (χ0) is 14.8. The van der Waals surface area contributed by atoms with Crippen molar-refractivity contribution in [1.29, 1.82) is 0 Å². The monoisotopic (exact) mass is 289 g/mol. The summed E-state index contributed by atoms with van der Waals surface area (Å²) < 4.78 is 7.00. The molecule has 7 nitrogen and oxygen atoms in total. The Hall–Kier alpha value is -2.15. The van der Waals surface area contributed by atoms with E-state index >= 15 is 0 Å². The maximum atomic E-state index is 12.4. The van der Waals surface area contributed by atoms with Crippen molar-refractivity contribution in [3.63, 3.8) is 0 Å². The van der Waals surface area contributed by atoms with Crippen LogP contribution in [0.1, 0.15) is 28.7 Å². The molecule has 21 heavy (non-hydrogen) atoms. The highest BCUT2D eigenvalue weighted by atomic mass is 16.5. The molecule has 1 saturated heterocycles. The molecule has 0 spiro atoms. The van der Waals surface area contributed by atoms with E-state index in [0.29, 0.717) is 37.1 Å². The van der Waals surface area contributed by atoms with Gasteiger partial charge in [-0.05, 0) is 19.4 Å². The predicted molar refractivity (Wildman–Crippen MR) is 75.9 cm³/mol. The normalized spacial score (nSPS) is 19.0. The fourth-order valence-corrected chi connectivity index (χ4v) is 2.48. The molecule has 2 aromatic heterocycles. The number of nitrogens with one attached hydrogen (secondary N) is 1. The van der Waals surface area contributed by atoms with Gasteiger partial charge in [0, 0.05) is 37.9 Å². The van der Waals surface area contributed by atoms with Crippen LogP contribution < -0.4 is 5.32 Å². The Bertz CT molecular complexity index is 633. The summed E-state index contributed by atoms with van der Waals surface area (Å²) in [4.78, 5) is 14.2. The number of rotatable bonds is 3. The molecule has 1 N–H and O–H groups in total. The lowest BCUT2D eigenvalue weighted by atomic mass is 10.2. The molecule has 0 aromatic carbocycles. The maximum absolute atomic E-state index is 12.4. The number of amides is 1. The van der Waals surface area contributed by atoms with Crippen LogP contribution >= 0.6 is 0 Å². The summed E-state index contributed by atoms with van der Waals surface area (Å²) in [6.07, 6.45) is 3.70. The third-order valence-electron chi connectivity index (χ3n) is 3.51. The second-order valence-corrected chi connectivity index (χ2v) is 5.50. The minimum atomic E-state index is -0.0741. The molecule has 0 radical (unpaired) electrons. The van der Waals surface area contributed by atoms with E-state index in [0.717, 1.165) is 12.1 Å². The molecule has 1 atom stereocenters. The molecule has 0 bridgehead atoms. The number of carbonyl (C=O) groups is 1. The average molecular weight is 289 g/mol. The van der Waals surface area contributed by atoms with Gasteiger partial charge in [-0.25, -0.2) is 0 Å². The molecule has 0 unspecified atom stereocenters. The van der Waals surface area contributed by atoms with Gasteiger partial charge in [0.25, 0.3) is 5.91 Å². The SMILES string of the molecule is Cc1cnn(Cc2cc(C(=O)N3CCN[C@H](C)C3)no2)c1. The molecular weight excluding hydrogens is 270 g/mol. The summed E-state index contributed by atoms with van der Waals surface area (Å²) in [7, 11) is 0.